The number of nitrogens with zero attached hydrogens (tertiary/aromatic N) is 5. The van der Waals surface area contributed by atoms with E-state index in [-0.39, 0.29) is 63.5 Å². The van der Waals surface area contributed by atoms with Crippen LogP contribution < -0.4 is 32.3 Å². The van der Waals surface area contributed by atoms with Gasteiger partial charge in [-0.25, -0.2) is 8.42 Å². The van der Waals surface area contributed by atoms with Crippen molar-refractivity contribution in [2.45, 2.75) is 68.2 Å². The maximum absolute atomic E-state index is 13.1. The number of allylic oxidation sites excluding steroid dienone is 1. The van der Waals surface area contributed by atoms with Crippen LogP contribution in [0, 0.1) is 5.92 Å². The van der Waals surface area contributed by atoms with E-state index < -0.39 is 21.4 Å². The van der Waals surface area contributed by atoms with Crippen molar-refractivity contribution >= 4 is 40.9 Å². The van der Waals surface area contributed by atoms with Crippen LogP contribution in [0.1, 0.15) is 63.0 Å². The van der Waals surface area contributed by atoms with Gasteiger partial charge in [-0.05, 0) is 50.8 Å². The molecular formula is C35H43BN10O5S. The molecule has 2 saturated carbocycles. The number of hydrogen-bond donors (Lipinski definition) is 6. The first-order valence-electron chi connectivity index (χ1n) is 17.4. The molecule has 3 aromatic rings. The number of likely N-dealkylation sites (tertiary alicyclic amines) is 1. The number of amides is 2. The Labute approximate surface area is 303 Å². The number of nitrogens with one attached hydrogen (secondary N) is 3. The van der Waals surface area contributed by atoms with Crippen LogP contribution in [0.15, 0.2) is 70.9 Å². The van der Waals surface area contributed by atoms with E-state index in [9.17, 15) is 23.1 Å². The molecule has 2 radical (unpaired) electrons. The monoisotopic (exact) mass is 726 g/mol. The van der Waals surface area contributed by atoms with Crippen LogP contribution in [0.3, 0.4) is 0 Å². The first kappa shape index (κ1) is 35.5. The summed E-state index contributed by atoms with van der Waals surface area (Å²) in [5.41, 5.74) is 15.2. The lowest BCUT2D eigenvalue weighted by atomic mass is 9.82. The summed E-state index contributed by atoms with van der Waals surface area (Å²) in [6, 6.07) is 8.30. The van der Waals surface area contributed by atoms with Crippen LogP contribution >= 0.6 is 0 Å². The smallest absolute Gasteiger partial charge is 0.269 e. The fourth-order valence-electron chi connectivity index (χ4n) is 6.65. The molecule has 3 fully saturated rings. The largest absolute Gasteiger partial charge is 0.393 e. The van der Waals surface area contributed by atoms with E-state index in [0.29, 0.717) is 18.8 Å². The summed E-state index contributed by atoms with van der Waals surface area (Å²) in [4.78, 5) is 33.5. The number of carbonyl (C=O) groups excluding carboxylic acids is 2. The van der Waals surface area contributed by atoms with Gasteiger partial charge in [-0.1, -0.05) is 19.1 Å². The molecular weight excluding hydrogens is 683 g/mol. The molecule has 4 aliphatic rings. The highest BCUT2D eigenvalue weighted by Crippen LogP contribution is 2.49. The Bertz CT molecular complexity index is 2100. The number of sulfone groups is 1. The molecule has 2 unspecified atom stereocenters. The number of para-hydroxylation sites is 1. The Balaban J connectivity index is 1.15. The van der Waals surface area contributed by atoms with Crippen molar-refractivity contribution in [3.63, 3.8) is 0 Å². The van der Waals surface area contributed by atoms with Crippen molar-refractivity contribution in [3.8, 4) is 11.1 Å². The Hall–Kier alpha value is -4.87. The number of nitrogens with two attached hydrogens (primary N) is 2. The zero-order chi connectivity index (χ0) is 37.1. The molecule has 0 spiro atoms. The highest BCUT2D eigenvalue weighted by Gasteiger charge is 2.44. The highest BCUT2D eigenvalue weighted by atomic mass is 32.2. The van der Waals surface area contributed by atoms with Gasteiger partial charge in [0.2, 0.25) is 5.91 Å². The zero-order valence-corrected chi connectivity index (χ0v) is 30.2. The maximum Gasteiger partial charge on any atom is 0.269 e. The third-order valence-electron chi connectivity index (χ3n) is 10.3. The second-order valence-electron chi connectivity index (χ2n) is 14.0. The first-order chi connectivity index (χ1) is 24.7. The van der Waals surface area contributed by atoms with Crippen LogP contribution in [-0.4, -0.2) is 84.8 Å². The summed E-state index contributed by atoms with van der Waals surface area (Å²) >= 11 is 0. The molecule has 1 aromatic carbocycles. The third kappa shape index (κ3) is 6.63. The molecule has 8 N–H and O–H groups in total. The van der Waals surface area contributed by atoms with Gasteiger partial charge in [0, 0.05) is 55.5 Å². The minimum Gasteiger partial charge on any atom is -0.393 e. The molecule has 0 bridgehead atoms. The summed E-state index contributed by atoms with van der Waals surface area (Å²) < 4.78 is 26.9. The van der Waals surface area contributed by atoms with Crippen molar-refractivity contribution in [2.75, 3.05) is 36.1 Å². The van der Waals surface area contributed by atoms with Crippen molar-refractivity contribution in [3.05, 3.63) is 77.4 Å². The van der Waals surface area contributed by atoms with Gasteiger partial charge < -0.3 is 37.4 Å². The Morgan fingerprint density at radius 2 is 1.87 bits per heavy atom. The topological polar surface area (TPSA) is 214 Å². The molecule has 7 rings (SSSR count). The van der Waals surface area contributed by atoms with Crippen molar-refractivity contribution in [2.24, 2.45) is 17.4 Å². The molecule has 2 aliphatic carbocycles. The number of rotatable bonds is 12. The molecule has 17 heteroatoms. The molecule has 4 heterocycles. The second kappa shape index (κ2) is 13.3. The van der Waals surface area contributed by atoms with E-state index in [1.807, 2.05) is 36.1 Å². The molecule has 1 saturated heterocycles. The van der Waals surface area contributed by atoms with Gasteiger partial charge in [0.1, 0.15) is 25.0 Å². The van der Waals surface area contributed by atoms with E-state index in [1.54, 1.807) is 11.8 Å². The van der Waals surface area contributed by atoms with E-state index in [2.05, 4.69) is 32.8 Å². The van der Waals surface area contributed by atoms with E-state index in [0.717, 1.165) is 48.2 Å². The minimum absolute atomic E-state index is 0.0472. The number of benzene rings is 1. The summed E-state index contributed by atoms with van der Waals surface area (Å²) in [5.74, 6) is -0.656. The first-order valence-corrected chi connectivity index (χ1v) is 19.1. The van der Waals surface area contributed by atoms with E-state index >= 15 is 0 Å². The number of aliphatic hydroxyl groups is 1. The number of fused-ring (bicyclic) bond motifs is 3. The van der Waals surface area contributed by atoms with Gasteiger partial charge in [-0.15, -0.1) is 0 Å². The third-order valence-corrected chi connectivity index (χ3v) is 12.0. The van der Waals surface area contributed by atoms with Crippen molar-refractivity contribution < 1.29 is 23.1 Å². The normalized spacial score (nSPS) is 20.9. The summed E-state index contributed by atoms with van der Waals surface area (Å²) in [7, 11) is 4.82. The predicted molar refractivity (Wildman–Crippen MR) is 196 cm³/mol. The molecule has 2 aliphatic heterocycles. The van der Waals surface area contributed by atoms with Crippen LogP contribution in [0.4, 0.5) is 11.4 Å². The second-order valence-corrected chi connectivity index (χ2v) is 16.3. The minimum atomic E-state index is -3.52. The van der Waals surface area contributed by atoms with Crippen molar-refractivity contribution in [1.29, 1.82) is 0 Å². The van der Waals surface area contributed by atoms with Crippen LogP contribution in [-0.2, 0) is 25.1 Å². The number of pyridine rings is 1. The quantitative estimate of drug-likeness (QED) is 0.0885. The highest BCUT2D eigenvalue weighted by molar-refractivity contribution is 7.91. The average Bonchev–Trinajstić information content (AvgIpc) is 4.04. The maximum atomic E-state index is 13.1. The lowest BCUT2D eigenvalue weighted by molar-refractivity contribution is -0.121. The summed E-state index contributed by atoms with van der Waals surface area (Å²) in [6.07, 6.45) is 8.06. The van der Waals surface area contributed by atoms with Gasteiger partial charge in [0.15, 0.2) is 9.84 Å². The van der Waals surface area contributed by atoms with Crippen LogP contribution in [0.2, 0.25) is 0 Å². The van der Waals surface area contributed by atoms with E-state index in [1.165, 1.54) is 24.4 Å². The van der Waals surface area contributed by atoms with Gasteiger partial charge in [0.25, 0.3) is 5.91 Å². The number of hydrogen-bond acceptors (Lipinski definition) is 12. The Morgan fingerprint density at radius 3 is 2.54 bits per heavy atom. The van der Waals surface area contributed by atoms with Gasteiger partial charge in [-0.2, -0.15) is 5.10 Å². The van der Waals surface area contributed by atoms with Crippen LogP contribution in [0.25, 0.3) is 11.1 Å². The fraction of sp³-hybridized carbons (Fsp3) is 0.429. The zero-order valence-electron chi connectivity index (χ0n) is 29.3. The molecule has 2 aromatic heterocycles. The standard InChI is InChI=1S/C35H43BN10O5S/c1-4-52(50,51)23-12-13-39-28(14-23)35(36,49)45-17-22(18-45)46-31-19(2)44(3)32-24(25(31)16-40-46)6-5-7-26(32)42-27(30(38)34(48)41-21-10-11-21)15-29(37)43-33(47)20-8-9-20/h5-7,12-16,19-22,42,49H,4,8-11,17-18,37-38H2,1-3H3,(H,41,48)(H,43,47)/b29-15+,30-27+. The summed E-state index contributed by atoms with van der Waals surface area (Å²) in [5, 5.41) is 25.1. The van der Waals surface area contributed by atoms with Gasteiger partial charge in [-0.3, -0.25) is 24.2 Å². The molecule has 2 atom stereocenters. The molecule has 15 nitrogen and oxygen atoms in total. The summed E-state index contributed by atoms with van der Waals surface area (Å²) in [6.45, 7) is 4.31. The predicted octanol–water partition coefficient (Wildman–Crippen LogP) is 1.26. The van der Waals surface area contributed by atoms with E-state index in [4.69, 9.17) is 24.4 Å². The molecule has 272 valence electrons. The SMILES string of the molecule is [B]C(O)(c1cc(S(=O)(=O)CC)ccn1)N1CC(n2ncc3c2C(C)N(C)c2c(NC(/C=C(\N)NC(=O)C4CC4)=C(/N)C(=O)NC4CC4)cccc2-3)C1. The fourth-order valence-corrected chi connectivity index (χ4v) is 7.54. The van der Waals surface area contributed by atoms with Gasteiger partial charge in [0.05, 0.1) is 57.4 Å². The number of anilines is 2. The average molecular weight is 727 g/mol. The molecule has 52 heavy (non-hydrogen) atoms. The van der Waals surface area contributed by atoms with Crippen molar-refractivity contribution in [1.82, 2.24) is 30.3 Å². The molecule has 2 amide bonds. The Morgan fingerprint density at radius 1 is 1.13 bits per heavy atom. The lowest BCUT2D eigenvalue weighted by Crippen LogP contribution is -2.59. The number of carbonyl (C=O) groups is 2. The van der Waals surface area contributed by atoms with Crippen LogP contribution in [0.5, 0.6) is 0 Å². The van der Waals surface area contributed by atoms with Gasteiger partial charge >= 0.3 is 0 Å². The number of aromatic nitrogens is 3. The Kier molecular flexibility index (Phi) is 9.07. The lowest BCUT2D eigenvalue weighted by Gasteiger charge is -2.49.